The Kier molecular flexibility index (Phi) is 4.71. The van der Waals surface area contributed by atoms with Crippen LogP contribution in [0.2, 0.25) is 0 Å². The number of carbonyl (C=O) groups excluding carboxylic acids is 1. The summed E-state index contributed by atoms with van der Waals surface area (Å²) >= 11 is 0. The van der Waals surface area contributed by atoms with Crippen molar-refractivity contribution in [2.45, 2.75) is 39.0 Å². The van der Waals surface area contributed by atoms with Crippen molar-refractivity contribution in [2.24, 2.45) is 11.8 Å². The van der Waals surface area contributed by atoms with Crippen molar-refractivity contribution < 1.29 is 9.53 Å². The Hall–Kier alpha value is -0.790. The van der Waals surface area contributed by atoms with Gasteiger partial charge >= 0.3 is 5.97 Å². The first-order valence-corrected chi connectivity index (χ1v) is 5.58. The molecule has 1 saturated heterocycles. The molecule has 1 fully saturated rings. The third-order valence-corrected chi connectivity index (χ3v) is 2.90. The number of cyclic esters (lactones) is 1. The molecule has 0 aliphatic carbocycles. The molecule has 2 unspecified atom stereocenters. The van der Waals surface area contributed by atoms with Crippen molar-refractivity contribution in [1.82, 2.24) is 0 Å². The Morgan fingerprint density at radius 2 is 2.29 bits per heavy atom. The Balaban J connectivity index is 2.23. The lowest BCUT2D eigenvalue weighted by Crippen LogP contribution is -2.12. The molecule has 1 aliphatic rings. The molecule has 0 aromatic carbocycles. The molecular formula is C12H20O2. The average molecular weight is 196 g/mol. The van der Waals surface area contributed by atoms with Crippen LogP contribution in [0.4, 0.5) is 0 Å². The number of rotatable bonds is 6. The summed E-state index contributed by atoms with van der Waals surface area (Å²) in [4.78, 5) is 11.2. The predicted octanol–water partition coefficient (Wildman–Crippen LogP) is 2.93. The summed E-state index contributed by atoms with van der Waals surface area (Å²) in [6, 6.07) is 0. The van der Waals surface area contributed by atoms with E-state index >= 15 is 0 Å². The molecule has 1 rings (SSSR count). The van der Waals surface area contributed by atoms with Gasteiger partial charge in [-0.15, -0.1) is 6.58 Å². The van der Waals surface area contributed by atoms with Gasteiger partial charge in [0.15, 0.2) is 0 Å². The molecule has 0 amide bonds. The number of hydrogen-bond acceptors (Lipinski definition) is 2. The average Bonchev–Trinajstić information content (AvgIpc) is 2.54. The summed E-state index contributed by atoms with van der Waals surface area (Å²) in [7, 11) is 0. The van der Waals surface area contributed by atoms with Gasteiger partial charge in [0.2, 0.25) is 0 Å². The van der Waals surface area contributed by atoms with E-state index in [9.17, 15) is 4.79 Å². The van der Waals surface area contributed by atoms with Crippen LogP contribution < -0.4 is 0 Å². The molecule has 2 nitrogen and oxygen atoms in total. The molecule has 80 valence electrons. The van der Waals surface area contributed by atoms with E-state index in [1.165, 1.54) is 25.7 Å². The molecule has 0 saturated carbocycles. The normalized spacial score (nSPS) is 26.2. The van der Waals surface area contributed by atoms with Crippen LogP contribution in [-0.2, 0) is 9.53 Å². The van der Waals surface area contributed by atoms with Crippen molar-refractivity contribution in [2.75, 3.05) is 6.61 Å². The number of esters is 1. The molecule has 14 heavy (non-hydrogen) atoms. The summed E-state index contributed by atoms with van der Waals surface area (Å²) in [5.41, 5.74) is 0. The van der Waals surface area contributed by atoms with Crippen LogP contribution in [0.25, 0.3) is 0 Å². The zero-order chi connectivity index (χ0) is 10.4. The van der Waals surface area contributed by atoms with E-state index in [-0.39, 0.29) is 11.9 Å². The maximum atomic E-state index is 11.2. The van der Waals surface area contributed by atoms with Gasteiger partial charge in [-0.3, -0.25) is 4.79 Å². The van der Waals surface area contributed by atoms with Gasteiger partial charge in [0.05, 0.1) is 12.5 Å². The van der Waals surface area contributed by atoms with Crippen molar-refractivity contribution in [3.63, 3.8) is 0 Å². The molecule has 0 aromatic rings. The molecule has 0 aromatic heterocycles. The maximum Gasteiger partial charge on any atom is 0.313 e. The van der Waals surface area contributed by atoms with Crippen LogP contribution in [-0.4, -0.2) is 12.6 Å². The van der Waals surface area contributed by atoms with Gasteiger partial charge in [-0.1, -0.05) is 38.7 Å². The van der Waals surface area contributed by atoms with E-state index in [0.29, 0.717) is 12.5 Å². The largest absolute Gasteiger partial charge is 0.465 e. The molecular weight excluding hydrogens is 176 g/mol. The highest BCUT2D eigenvalue weighted by atomic mass is 16.5. The van der Waals surface area contributed by atoms with Gasteiger partial charge in [0.1, 0.15) is 0 Å². The minimum atomic E-state index is -0.0829. The zero-order valence-electron chi connectivity index (χ0n) is 9.00. The number of ether oxygens (including phenoxy) is 1. The maximum absolute atomic E-state index is 11.2. The number of unbranched alkanes of at least 4 members (excludes halogenated alkanes) is 3. The lowest BCUT2D eigenvalue weighted by molar-refractivity contribution is -0.140. The molecule has 0 radical (unpaired) electrons. The quantitative estimate of drug-likeness (QED) is 0.371. The van der Waals surface area contributed by atoms with Gasteiger partial charge < -0.3 is 4.74 Å². The highest BCUT2D eigenvalue weighted by Gasteiger charge is 2.33. The monoisotopic (exact) mass is 196 g/mol. The molecule has 2 atom stereocenters. The van der Waals surface area contributed by atoms with Crippen molar-refractivity contribution >= 4 is 5.97 Å². The van der Waals surface area contributed by atoms with Crippen LogP contribution in [0.1, 0.15) is 39.0 Å². The van der Waals surface area contributed by atoms with E-state index < -0.39 is 0 Å². The summed E-state index contributed by atoms with van der Waals surface area (Å²) in [6.07, 6.45) is 7.86. The lowest BCUT2D eigenvalue weighted by Gasteiger charge is -2.10. The fourth-order valence-corrected chi connectivity index (χ4v) is 1.97. The molecule has 2 heteroatoms. The Morgan fingerprint density at radius 3 is 2.93 bits per heavy atom. The molecule has 1 heterocycles. The van der Waals surface area contributed by atoms with Crippen LogP contribution in [0, 0.1) is 11.8 Å². The highest BCUT2D eigenvalue weighted by Crippen LogP contribution is 2.27. The van der Waals surface area contributed by atoms with E-state index in [1.807, 2.05) is 0 Å². The van der Waals surface area contributed by atoms with Crippen LogP contribution in [0.15, 0.2) is 12.7 Å². The van der Waals surface area contributed by atoms with Gasteiger partial charge in [-0.25, -0.2) is 0 Å². The predicted molar refractivity (Wildman–Crippen MR) is 56.9 cm³/mol. The van der Waals surface area contributed by atoms with E-state index in [1.54, 1.807) is 6.08 Å². The lowest BCUT2D eigenvalue weighted by atomic mass is 9.90. The molecule has 1 aliphatic heterocycles. The topological polar surface area (TPSA) is 26.3 Å². The first kappa shape index (κ1) is 11.3. The summed E-state index contributed by atoms with van der Waals surface area (Å²) in [5.74, 6) is 0.258. The van der Waals surface area contributed by atoms with E-state index in [0.717, 1.165) is 6.42 Å². The Bertz CT molecular complexity index is 198. The first-order valence-electron chi connectivity index (χ1n) is 5.58. The van der Waals surface area contributed by atoms with Crippen LogP contribution in [0.5, 0.6) is 0 Å². The summed E-state index contributed by atoms with van der Waals surface area (Å²) < 4.78 is 5.02. The smallest absolute Gasteiger partial charge is 0.313 e. The minimum absolute atomic E-state index is 0.0448. The van der Waals surface area contributed by atoms with Crippen LogP contribution >= 0.6 is 0 Å². The van der Waals surface area contributed by atoms with Gasteiger partial charge in [-0.05, 0) is 6.42 Å². The Labute approximate surface area is 86.3 Å². The van der Waals surface area contributed by atoms with E-state index in [2.05, 4.69) is 13.5 Å². The summed E-state index contributed by atoms with van der Waals surface area (Å²) in [5, 5.41) is 0. The van der Waals surface area contributed by atoms with Gasteiger partial charge in [0, 0.05) is 5.92 Å². The summed E-state index contributed by atoms with van der Waals surface area (Å²) in [6.45, 7) is 6.49. The van der Waals surface area contributed by atoms with Crippen molar-refractivity contribution in [3.05, 3.63) is 12.7 Å². The molecule has 0 spiro atoms. The second-order valence-corrected chi connectivity index (χ2v) is 4.00. The fourth-order valence-electron chi connectivity index (χ4n) is 1.97. The first-order chi connectivity index (χ1) is 6.79. The standard InChI is InChI=1S/C12H20O2/c1-3-5-6-7-8-10-9-14-12(13)11(10)4-2/h4,10-11H,2-3,5-9H2,1H3. The molecule has 0 bridgehead atoms. The SMILES string of the molecule is C=CC1C(=O)OCC1CCCCCC. The zero-order valence-corrected chi connectivity index (χ0v) is 9.00. The van der Waals surface area contributed by atoms with E-state index in [4.69, 9.17) is 4.74 Å². The van der Waals surface area contributed by atoms with Gasteiger partial charge in [0.25, 0.3) is 0 Å². The van der Waals surface area contributed by atoms with Crippen molar-refractivity contribution in [1.29, 1.82) is 0 Å². The fraction of sp³-hybridized carbons (Fsp3) is 0.750. The second kappa shape index (κ2) is 5.84. The van der Waals surface area contributed by atoms with Gasteiger partial charge in [-0.2, -0.15) is 0 Å². The van der Waals surface area contributed by atoms with Crippen molar-refractivity contribution in [3.8, 4) is 0 Å². The number of carbonyl (C=O) groups is 1. The highest BCUT2D eigenvalue weighted by molar-refractivity contribution is 5.76. The molecule has 0 N–H and O–H groups in total. The minimum Gasteiger partial charge on any atom is -0.465 e. The number of hydrogen-bond donors (Lipinski definition) is 0. The van der Waals surface area contributed by atoms with Crippen LogP contribution in [0.3, 0.4) is 0 Å². The third kappa shape index (κ3) is 2.86. The third-order valence-electron chi connectivity index (χ3n) is 2.90. The Morgan fingerprint density at radius 1 is 1.50 bits per heavy atom. The second-order valence-electron chi connectivity index (χ2n) is 4.00.